The van der Waals surface area contributed by atoms with Crippen LogP contribution < -0.4 is 10.1 Å². The summed E-state index contributed by atoms with van der Waals surface area (Å²) in [7, 11) is 0. The number of carbonyl (C=O) groups is 2. The van der Waals surface area contributed by atoms with Crippen LogP contribution in [0.25, 0.3) is 0 Å². The van der Waals surface area contributed by atoms with Crippen LogP contribution in [0.3, 0.4) is 0 Å². The number of halogens is 3. The van der Waals surface area contributed by atoms with Crippen molar-refractivity contribution < 1.29 is 27.5 Å². The molecular weight excluding hydrogens is 303 g/mol. The molecule has 1 aliphatic rings. The van der Waals surface area contributed by atoms with Gasteiger partial charge in [0, 0.05) is 25.4 Å². The fourth-order valence-corrected chi connectivity index (χ4v) is 1.97. The lowest BCUT2D eigenvalue weighted by atomic mass is 10.1. The summed E-state index contributed by atoms with van der Waals surface area (Å²) in [6.45, 7) is 0.866. The smallest absolute Gasteiger partial charge is 0.422 e. The molecule has 2 rings (SSSR count). The molecule has 0 aromatic carbocycles. The highest BCUT2D eigenvalue weighted by molar-refractivity contribution is 5.97. The van der Waals surface area contributed by atoms with Gasteiger partial charge in [-0.25, -0.2) is 4.98 Å². The molecule has 0 aliphatic carbocycles. The quantitative estimate of drug-likeness (QED) is 0.902. The summed E-state index contributed by atoms with van der Waals surface area (Å²) >= 11 is 0. The lowest BCUT2D eigenvalue weighted by Gasteiger charge is -2.32. The molecule has 1 aromatic rings. The average molecular weight is 317 g/mol. The SMILES string of the molecule is CC1C(=O)NCCN1C(=O)c1ccc(OCC(F)(F)F)nc1. The second-order valence-electron chi connectivity index (χ2n) is 4.75. The summed E-state index contributed by atoms with van der Waals surface area (Å²) in [6, 6.07) is 1.90. The van der Waals surface area contributed by atoms with E-state index in [2.05, 4.69) is 15.0 Å². The molecular formula is C13H14F3N3O3. The van der Waals surface area contributed by atoms with E-state index in [0.717, 1.165) is 6.20 Å². The number of alkyl halides is 3. The summed E-state index contributed by atoms with van der Waals surface area (Å²) in [6.07, 6.45) is -3.32. The van der Waals surface area contributed by atoms with Crippen molar-refractivity contribution >= 4 is 11.8 Å². The van der Waals surface area contributed by atoms with Crippen molar-refractivity contribution in [3.63, 3.8) is 0 Å². The van der Waals surface area contributed by atoms with Crippen molar-refractivity contribution in [1.29, 1.82) is 0 Å². The summed E-state index contributed by atoms with van der Waals surface area (Å²) < 4.78 is 40.5. The fourth-order valence-electron chi connectivity index (χ4n) is 1.97. The van der Waals surface area contributed by atoms with E-state index in [9.17, 15) is 22.8 Å². The Morgan fingerprint density at radius 2 is 2.23 bits per heavy atom. The van der Waals surface area contributed by atoms with Crippen LogP contribution in [0.5, 0.6) is 5.88 Å². The van der Waals surface area contributed by atoms with E-state index in [0.29, 0.717) is 13.1 Å². The van der Waals surface area contributed by atoms with Gasteiger partial charge < -0.3 is 15.0 Å². The van der Waals surface area contributed by atoms with Gasteiger partial charge in [0.1, 0.15) is 6.04 Å². The maximum atomic E-state index is 12.3. The van der Waals surface area contributed by atoms with Crippen LogP contribution in [0.1, 0.15) is 17.3 Å². The van der Waals surface area contributed by atoms with Crippen LogP contribution in [-0.2, 0) is 4.79 Å². The third-order valence-corrected chi connectivity index (χ3v) is 3.13. The van der Waals surface area contributed by atoms with Crippen LogP contribution in [0.4, 0.5) is 13.2 Å². The van der Waals surface area contributed by atoms with Gasteiger partial charge in [-0.3, -0.25) is 9.59 Å². The lowest BCUT2D eigenvalue weighted by molar-refractivity contribution is -0.154. The summed E-state index contributed by atoms with van der Waals surface area (Å²) in [5, 5.41) is 2.63. The summed E-state index contributed by atoms with van der Waals surface area (Å²) in [5.41, 5.74) is 0.181. The van der Waals surface area contributed by atoms with Crippen molar-refractivity contribution in [2.45, 2.75) is 19.1 Å². The van der Waals surface area contributed by atoms with Crippen molar-refractivity contribution in [2.75, 3.05) is 19.7 Å². The summed E-state index contributed by atoms with van der Waals surface area (Å²) in [5.74, 6) is -0.881. The molecule has 2 amide bonds. The topological polar surface area (TPSA) is 71.5 Å². The maximum absolute atomic E-state index is 12.3. The molecule has 1 fully saturated rings. The van der Waals surface area contributed by atoms with Gasteiger partial charge in [0.15, 0.2) is 6.61 Å². The van der Waals surface area contributed by atoms with E-state index in [1.807, 2.05) is 0 Å². The van der Waals surface area contributed by atoms with Crippen molar-refractivity contribution in [3.05, 3.63) is 23.9 Å². The first-order valence-electron chi connectivity index (χ1n) is 6.52. The molecule has 120 valence electrons. The van der Waals surface area contributed by atoms with Gasteiger partial charge in [-0.2, -0.15) is 13.2 Å². The zero-order valence-electron chi connectivity index (χ0n) is 11.7. The first-order chi connectivity index (χ1) is 10.3. The Morgan fingerprint density at radius 1 is 1.50 bits per heavy atom. The van der Waals surface area contributed by atoms with E-state index in [-0.39, 0.29) is 17.4 Å². The minimum absolute atomic E-state index is 0.181. The lowest BCUT2D eigenvalue weighted by Crippen LogP contribution is -2.55. The number of amides is 2. The number of aromatic nitrogens is 1. The Morgan fingerprint density at radius 3 is 2.82 bits per heavy atom. The largest absolute Gasteiger partial charge is 0.468 e. The molecule has 0 spiro atoms. The summed E-state index contributed by atoms with van der Waals surface area (Å²) in [4.78, 5) is 28.8. The van der Waals surface area contributed by atoms with Crippen molar-refractivity contribution in [1.82, 2.24) is 15.2 Å². The number of carbonyl (C=O) groups excluding carboxylic acids is 2. The van der Waals surface area contributed by atoms with E-state index < -0.39 is 24.7 Å². The Kier molecular flexibility index (Phi) is 4.53. The molecule has 1 saturated heterocycles. The molecule has 0 bridgehead atoms. The van der Waals surface area contributed by atoms with E-state index in [4.69, 9.17) is 0 Å². The highest BCUT2D eigenvalue weighted by atomic mass is 19.4. The molecule has 9 heteroatoms. The predicted molar refractivity (Wildman–Crippen MR) is 69.3 cm³/mol. The highest BCUT2D eigenvalue weighted by Crippen LogP contribution is 2.18. The molecule has 0 radical (unpaired) electrons. The van der Waals surface area contributed by atoms with Gasteiger partial charge in [0.2, 0.25) is 11.8 Å². The van der Waals surface area contributed by atoms with Gasteiger partial charge >= 0.3 is 6.18 Å². The van der Waals surface area contributed by atoms with Crippen LogP contribution >= 0.6 is 0 Å². The number of nitrogens with zero attached hydrogens (tertiary/aromatic N) is 2. The maximum Gasteiger partial charge on any atom is 0.422 e. The second kappa shape index (κ2) is 6.20. The molecule has 1 aliphatic heterocycles. The van der Waals surface area contributed by atoms with Gasteiger partial charge in [-0.15, -0.1) is 0 Å². The zero-order chi connectivity index (χ0) is 16.3. The molecule has 22 heavy (non-hydrogen) atoms. The second-order valence-corrected chi connectivity index (χ2v) is 4.75. The minimum Gasteiger partial charge on any atom is -0.468 e. The van der Waals surface area contributed by atoms with Gasteiger partial charge in [0.25, 0.3) is 5.91 Å². The Labute approximate surface area is 124 Å². The Bertz CT molecular complexity index is 560. The number of rotatable bonds is 3. The first-order valence-corrected chi connectivity index (χ1v) is 6.52. The number of piperazine rings is 1. The van der Waals surface area contributed by atoms with Crippen LogP contribution in [0.2, 0.25) is 0 Å². The van der Waals surface area contributed by atoms with Crippen molar-refractivity contribution in [3.8, 4) is 5.88 Å². The van der Waals surface area contributed by atoms with E-state index in [1.165, 1.54) is 17.0 Å². The number of ether oxygens (including phenoxy) is 1. The number of hydrogen-bond acceptors (Lipinski definition) is 4. The predicted octanol–water partition coefficient (Wildman–Crippen LogP) is 0.983. The number of pyridine rings is 1. The monoisotopic (exact) mass is 317 g/mol. The Balaban J connectivity index is 2.03. The molecule has 6 nitrogen and oxygen atoms in total. The van der Waals surface area contributed by atoms with Crippen LogP contribution in [0.15, 0.2) is 18.3 Å². The zero-order valence-corrected chi connectivity index (χ0v) is 11.7. The number of hydrogen-bond donors (Lipinski definition) is 1. The number of nitrogens with one attached hydrogen (secondary N) is 1. The molecule has 1 aromatic heterocycles. The molecule has 0 saturated carbocycles. The highest BCUT2D eigenvalue weighted by Gasteiger charge is 2.30. The van der Waals surface area contributed by atoms with E-state index in [1.54, 1.807) is 6.92 Å². The average Bonchev–Trinajstić information content (AvgIpc) is 2.47. The molecule has 1 atom stereocenters. The van der Waals surface area contributed by atoms with Crippen LogP contribution in [-0.4, -0.2) is 53.6 Å². The normalized spacial score (nSPS) is 18.8. The van der Waals surface area contributed by atoms with Crippen molar-refractivity contribution in [2.24, 2.45) is 0 Å². The minimum atomic E-state index is -4.45. The van der Waals surface area contributed by atoms with Crippen LogP contribution in [0, 0.1) is 0 Å². The first kappa shape index (κ1) is 16.1. The standard InChI is InChI=1S/C13H14F3N3O3/c1-8-11(20)17-4-5-19(8)12(21)9-2-3-10(18-6-9)22-7-13(14,15)16/h2-3,6,8H,4-5,7H2,1H3,(H,17,20). The van der Waals surface area contributed by atoms with Gasteiger partial charge in [0.05, 0.1) is 5.56 Å². The van der Waals surface area contributed by atoms with Gasteiger partial charge in [-0.05, 0) is 13.0 Å². The molecule has 1 N–H and O–H groups in total. The van der Waals surface area contributed by atoms with Gasteiger partial charge in [-0.1, -0.05) is 0 Å². The Hall–Kier alpha value is -2.32. The molecule has 2 heterocycles. The van der Waals surface area contributed by atoms with E-state index >= 15 is 0 Å². The third-order valence-electron chi connectivity index (χ3n) is 3.13. The molecule has 1 unspecified atom stereocenters. The third kappa shape index (κ3) is 3.86. The fraction of sp³-hybridized carbons (Fsp3) is 0.462.